The summed E-state index contributed by atoms with van der Waals surface area (Å²) in [6.07, 6.45) is 6.88. The first-order chi connectivity index (χ1) is 5.57. The molecule has 0 spiro atoms. The molecule has 0 unspecified atom stereocenters. The molecule has 1 rings (SSSR count). The van der Waals surface area contributed by atoms with E-state index in [9.17, 15) is 5.11 Å². The third kappa shape index (κ3) is 1.89. The minimum Gasteiger partial charge on any atom is -0.393 e. The normalized spacial score (nSPS) is 22.7. The van der Waals surface area contributed by atoms with Gasteiger partial charge in [0, 0.05) is 0 Å². The van der Waals surface area contributed by atoms with Crippen molar-refractivity contribution in [1.29, 1.82) is 0 Å². The molecule has 1 N–H and O–H groups in total. The Balaban J connectivity index is 2.51. The molecule has 1 aliphatic carbocycles. The van der Waals surface area contributed by atoms with Crippen LogP contribution in [-0.4, -0.2) is 11.2 Å². The summed E-state index contributed by atoms with van der Waals surface area (Å²) in [5.74, 6) is 0. The molecular formula is C11H20O. The average Bonchev–Trinajstić information content (AvgIpc) is 1.83. The van der Waals surface area contributed by atoms with Gasteiger partial charge in [-0.1, -0.05) is 18.1 Å². The maximum atomic E-state index is 9.61. The molecule has 1 saturated carbocycles. The van der Waals surface area contributed by atoms with Crippen LogP contribution >= 0.6 is 0 Å². The van der Waals surface area contributed by atoms with Crippen molar-refractivity contribution in [3.8, 4) is 0 Å². The van der Waals surface area contributed by atoms with Crippen LogP contribution in [0.1, 0.15) is 46.5 Å². The van der Waals surface area contributed by atoms with E-state index in [-0.39, 0.29) is 11.5 Å². The van der Waals surface area contributed by atoms with Crippen molar-refractivity contribution < 1.29 is 5.11 Å². The maximum absolute atomic E-state index is 9.61. The number of rotatable bonds is 3. The van der Waals surface area contributed by atoms with Gasteiger partial charge in [0.15, 0.2) is 0 Å². The fourth-order valence-electron chi connectivity index (χ4n) is 1.83. The van der Waals surface area contributed by atoms with Gasteiger partial charge in [0.1, 0.15) is 0 Å². The van der Waals surface area contributed by atoms with Crippen LogP contribution in [-0.2, 0) is 0 Å². The van der Waals surface area contributed by atoms with Crippen molar-refractivity contribution in [3.05, 3.63) is 11.6 Å². The van der Waals surface area contributed by atoms with Gasteiger partial charge in [-0.05, 0) is 45.4 Å². The van der Waals surface area contributed by atoms with E-state index in [1.165, 1.54) is 24.8 Å². The lowest BCUT2D eigenvalue weighted by Gasteiger charge is -2.44. The van der Waals surface area contributed by atoms with Gasteiger partial charge in [-0.2, -0.15) is 0 Å². The van der Waals surface area contributed by atoms with Crippen molar-refractivity contribution in [1.82, 2.24) is 0 Å². The highest BCUT2D eigenvalue weighted by atomic mass is 16.3. The fraction of sp³-hybridized carbons (Fsp3) is 0.818. The van der Waals surface area contributed by atoms with Gasteiger partial charge in [0.2, 0.25) is 0 Å². The first-order valence-corrected chi connectivity index (χ1v) is 4.88. The zero-order valence-electron chi connectivity index (χ0n) is 8.43. The molecule has 0 bridgehead atoms. The molecule has 0 aromatic heterocycles. The molecule has 1 fully saturated rings. The van der Waals surface area contributed by atoms with Crippen molar-refractivity contribution in [2.75, 3.05) is 0 Å². The van der Waals surface area contributed by atoms with E-state index < -0.39 is 0 Å². The Hall–Kier alpha value is -0.300. The molecule has 0 aliphatic heterocycles. The molecule has 70 valence electrons. The predicted molar refractivity (Wildman–Crippen MR) is 52.0 cm³/mol. The highest BCUT2D eigenvalue weighted by Crippen LogP contribution is 2.47. The van der Waals surface area contributed by atoms with Crippen LogP contribution in [0.15, 0.2) is 11.6 Å². The lowest BCUT2D eigenvalue weighted by atomic mass is 9.63. The Morgan fingerprint density at radius 1 is 1.50 bits per heavy atom. The largest absolute Gasteiger partial charge is 0.393 e. The topological polar surface area (TPSA) is 20.2 Å². The van der Waals surface area contributed by atoms with E-state index >= 15 is 0 Å². The minimum atomic E-state index is -0.137. The van der Waals surface area contributed by atoms with E-state index in [1.54, 1.807) is 0 Å². The second-order valence-electron chi connectivity index (χ2n) is 4.38. The van der Waals surface area contributed by atoms with Crippen molar-refractivity contribution in [2.45, 2.75) is 52.6 Å². The molecule has 1 atom stereocenters. The Labute approximate surface area is 75.5 Å². The van der Waals surface area contributed by atoms with Gasteiger partial charge >= 0.3 is 0 Å². The monoisotopic (exact) mass is 168 g/mol. The Bertz CT molecular complexity index is 171. The number of hydrogen-bond donors (Lipinski definition) is 1. The van der Waals surface area contributed by atoms with Crippen molar-refractivity contribution >= 4 is 0 Å². The van der Waals surface area contributed by atoms with E-state index in [0.29, 0.717) is 0 Å². The highest BCUT2D eigenvalue weighted by Gasteiger charge is 2.39. The molecule has 0 aromatic rings. The third-order valence-corrected chi connectivity index (χ3v) is 3.15. The second-order valence-corrected chi connectivity index (χ2v) is 4.38. The zero-order valence-corrected chi connectivity index (χ0v) is 8.43. The van der Waals surface area contributed by atoms with Gasteiger partial charge in [0.25, 0.3) is 0 Å². The van der Waals surface area contributed by atoms with E-state index in [2.05, 4.69) is 19.9 Å². The predicted octanol–water partition coefficient (Wildman–Crippen LogP) is 2.89. The molecule has 0 amide bonds. The summed E-state index contributed by atoms with van der Waals surface area (Å²) in [7, 11) is 0. The molecule has 12 heavy (non-hydrogen) atoms. The van der Waals surface area contributed by atoms with Crippen LogP contribution in [0.2, 0.25) is 0 Å². The fourth-order valence-corrected chi connectivity index (χ4v) is 1.83. The van der Waals surface area contributed by atoms with Crippen LogP contribution in [0.25, 0.3) is 0 Å². The summed E-state index contributed by atoms with van der Waals surface area (Å²) < 4.78 is 0. The number of hydrogen-bond acceptors (Lipinski definition) is 1. The lowest BCUT2D eigenvalue weighted by molar-refractivity contribution is -0.0207. The average molecular weight is 168 g/mol. The second kappa shape index (κ2) is 3.61. The van der Waals surface area contributed by atoms with Crippen LogP contribution in [0.4, 0.5) is 0 Å². The zero-order chi connectivity index (χ0) is 9.19. The van der Waals surface area contributed by atoms with Gasteiger partial charge in [-0.15, -0.1) is 0 Å². The molecule has 1 heteroatoms. The Kier molecular flexibility index (Phi) is 2.94. The van der Waals surface area contributed by atoms with E-state index in [4.69, 9.17) is 0 Å². The summed E-state index contributed by atoms with van der Waals surface area (Å²) in [6, 6.07) is 0. The summed E-state index contributed by atoms with van der Waals surface area (Å²) >= 11 is 0. The number of allylic oxidation sites excluding steroid dienone is 2. The first-order valence-electron chi connectivity index (χ1n) is 4.88. The number of aliphatic hydroxyl groups excluding tert-OH is 1. The summed E-state index contributed by atoms with van der Waals surface area (Å²) in [5, 5.41) is 9.61. The molecule has 0 heterocycles. The quantitative estimate of drug-likeness (QED) is 0.642. The van der Waals surface area contributed by atoms with Crippen LogP contribution in [0.3, 0.4) is 0 Å². The first kappa shape index (κ1) is 9.79. The molecule has 1 nitrogen and oxygen atoms in total. The van der Waals surface area contributed by atoms with Crippen molar-refractivity contribution in [3.63, 3.8) is 0 Å². The SMILES string of the molecule is CC(C)=CCC1([C@@H](C)O)CCC1. The van der Waals surface area contributed by atoms with Crippen molar-refractivity contribution in [2.24, 2.45) is 5.41 Å². The van der Waals surface area contributed by atoms with Crippen LogP contribution < -0.4 is 0 Å². The van der Waals surface area contributed by atoms with Gasteiger partial charge in [-0.3, -0.25) is 0 Å². The lowest BCUT2D eigenvalue weighted by Crippen LogP contribution is -2.39. The minimum absolute atomic E-state index is 0.137. The van der Waals surface area contributed by atoms with E-state index in [0.717, 1.165) is 6.42 Å². The molecular weight excluding hydrogens is 148 g/mol. The summed E-state index contributed by atoms with van der Waals surface area (Å²) in [6.45, 7) is 6.17. The molecule has 0 radical (unpaired) electrons. The van der Waals surface area contributed by atoms with Crippen LogP contribution in [0, 0.1) is 5.41 Å². The highest BCUT2D eigenvalue weighted by molar-refractivity contribution is 5.02. The summed E-state index contributed by atoms with van der Waals surface area (Å²) in [5.41, 5.74) is 1.60. The summed E-state index contributed by atoms with van der Waals surface area (Å²) in [4.78, 5) is 0. The standard InChI is InChI=1S/C11H20O/c1-9(2)5-8-11(10(3)12)6-4-7-11/h5,10,12H,4,6-8H2,1-3H3/t10-/m1/s1. The molecule has 1 aliphatic rings. The van der Waals surface area contributed by atoms with Gasteiger partial charge in [0.05, 0.1) is 6.10 Å². The Morgan fingerprint density at radius 2 is 2.08 bits per heavy atom. The molecule has 0 saturated heterocycles. The maximum Gasteiger partial charge on any atom is 0.0571 e. The van der Waals surface area contributed by atoms with Gasteiger partial charge < -0.3 is 5.11 Å². The van der Waals surface area contributed by atoms with E-state index in [1.807, 2.05) is 6.92 Å². The molecule has 0 aromatic carbocycles. The number of aliphatic hydroxyl groups is 1. The smallest absolute Gasteiger partial charge is 0.0571 e. The van der Waals surface area contributed by atoms with Crippen LogP contribution in [0.5, 0.6) is 0 Å². The Morgan fingerprint density at radius 3 is 2.33 bits per heavy atom. The third-order valence-electron chi connectivity index (χ3n) is 3.15. The van der Waals surface area contributed by atoms with Gasteiger partial charge in [-0.25, -0.2) is 0 Å².